The Hall–Kier alpha value is -3.02. The quantitative estimate of drug-likeness (QED) is 0.473. The minimum atomic E-state index is -0.516. The molecule has 0 amide bonds. The molecule has 0 fully saturated rings. The van der Waals surface area contributed by atoms with Crippen molar-refractivity contribution < 1.29 is 18.8 Å². The molecule has 0 N–H and O–H groups in total. The third-order valence-electron chi connectivity index (χ3n) is 3.88. The van der Waals surface area contributed by atoms with E-state index in [1.807, 2.05) is 0 Å². The topological polar surface area (TPSA) is 69.4 Å². The van der Waals surface area contributed by atoms with Crippen molar-refractivity contribution in [1.82, 2.24) is 0 Å². The van der Waals surface area contributed by atoms with Crippen molar-refractivity contribution in [3.63, 3.8) is 0 Å². The van der Waals surface area contributed by atoms with Crippen LogP contribution in [-0.4, -0.2) is 17.3 Å². The average molecular weight is 327 g/mol. The molecule has 1 aliphatic rings. The van der Waals surface area contributed by atoms with Gasteiger partial charge in [-0.2, -0.15) is 0 Å². The largest absolute Gasteiger partial charge is 0.492 e. The fourth-order valence-corrected chi connectivity index (χ4v) is 2.61. The molecule has 0 bridgehead atoms. The van der Waals surface area contributed by atoms with Gasteiger partial charge in [-0.3, -0.25) is 14.9 Å². The maximum Gasteiger partial charge on any atom is 0.272 e. The van der Waals surface area contributed by atoms with Crippen molar-refractivity contribution in [2.75, 3.05) is 6.61 Å². The summed E-state index contributed by atoms with van der Waals surface area (Å²) in [5, 5.41) is 11.0. The lowest BCUT2D eigenvalue weighted by Crippen LogP contribution is -2.03. The monoisotopic (exact) mass is 327 g/mol. The van der Waals surface area contributed by atoms with Crippen LogP contribution in [-0.2, 0) is 0 Å². The first-order valence-corrected chi connectivity index (χ1v) is 7.38. The molecule has 2 aromatic rings. The first-order chi connectivity index (χ1) is 11.5. The lowest BCUT2D eigenvalue weighted by Gasteiger charge is -2.05. The number of carbonyl (C=O) groups excluding carboxylic acids is 1. The number of halogens is 1. The van der Waals surface area contributed by atoms with Crippen LogP contribution in [0.25, 0.3) is 6.08 Å². The Morgan fingerprint density at radius 3 is 2.79 bits per heavy atom. The SMILES string of the molecule is Cc1ccc(C=C2CCOc3ccc(F)cc3C2=O)cc1[N+](=O)[O-]. The number of ether oxygens (including phenoxy) is 1. The van der Waals surface area contributed by atoms with Gasteiger partial charge in [-0.1, -0.05) is 12.1 Å². The van der Waals surface area contributed by atoms with Gasteiger partial charge in [0.1, 0.15) is 11.6 Å². The van der Waals surface area contributed by atoms with Gasteiger partial charge in [-0.15, -0.1) is 0 Å². The smallest absolute Gasteiger partial charge is 0.272 e. The summed E-state index contributed by atoms with van der Waals surface area (Å²) in [5.74, 6) is -0.497. The highest BCUT2D eigenvalue weighted by Crippen LogP contribution is 2.29. The number of nitro benzene ring substituents is 1. The lowest BCUT2D eigenvalue weighted by molar-refractivity contribution is -0.385. The number of rotatable bonds is 2. The molecule has 0 saturated carbocycles. The molecule has 1 aliphatic heterocycles. The van der Waals surface area contributed by atoms with Crippen molar-refractivity contribution in [2.24, 2.45) is 0 Å². The second kappa shape index (κ2) is 6.23. The number of ketones is 1. The number of nitrogens with zero attached hydrogens (tertiary/aromatic N) is 1. The van der Waals surface area contributed by atoms with E-state index in [0.717, 1.165) is 6.07 Å². The highest BCUT2D eigenvalue weighted by Gasteiger charge is 2.22. The van der Waals surface area contributed by atoms with Crippen LogP contribution >= 0.6 is 0 Å². The van der Waals surface area contributed by atoms with E-state index in [2.05, 4.69) is 0 Å². The maximum atomic E-state index is 13.4. The zero-order valence-electron chi connectivity index (χ0n) is 12.9. The second-order valence-corrected chi connectivity index (χ2v) is 5.54. The molecule has 0 saturated heterocycles. The van der Waals surface area contributed by atoms with Gasteiger partial charge >= 0.3 is 0 Å². The zero-order valence-corrected chi connectivity index (χ0v) is 12.9. The number of hydrogen-bond acceptors (Lipinski definition) is 4. The maximum absolute atomic E-state index is 13.4. The average Bonchev–Trinajstić information content (AvgIpc) is 2.69. The van der Waals surface area contributed by atoms with E-state index < -0.39 is 10.7 Å². The predicted octanol–water partition coefficient (Wildman–Crippen LogP) is 4.09. The summed E-state index contributed by atoms with van der Waals surface area (Å²) < 4.78 is 18.9. The van der Waals surface area contributed by atoms with Gasteiger partial charge in [-0.25, -0.2) is 4.39 Å². The van der Waals surface area contributed by atoms with Crippen LogP contribution in [0.5, 0.6) is 5.75 Å². The van der Waals surface area contributed by atoms with E-state index in [-0.39, 0.29) is 23.6 Å². The highest BCUT2D eigenvalue weighted by atomic mass is 19.1. The van der Waals surface area contributed by atoms with Crippen LogP contribution in [0.15, 0.2) is 42.0 Å². The van der Waals surface area contributed by atoms with E-state index >= 15 is 0 Å². The van der Waals surface area contributed by atoms with Crippen LogP contribution in [0.4, 0.5) is 10.1 Å². The third-order valence-corrected chi connectivity index (χ3v) is 3.88. The Labute approximate surface area is 137 Å². The minimum absolute atomic E-state index is 0.00637. The van der Waals surface area contributed by atoms with Gasteiger partial charge in [0, 0.05) is 23.6 Å². The Kier molecular flexibility index (Phi) is 4.12. The van der Waals surface area contributed by atoms with Crippen molar-refractivity contribution in [1.29, 1.82) is 0 Å². The summed E-state index contributed by atoms with van der Waals surface area (Å²) in [6.07, 6.45) is 1.94. The first-order valence-electron chi connectivity index (χ1n) is 7.38. The third kappa shape index (κ3) is 3.03. The minimum Gasteiger partial charge on any atom is -0.492 e. The van der Waals surface area contributed by atoms with Crippen LogP contribution in [0, 0.1) is 22.9 Å². The van der Waals surface area contributed by atoms with Crippen LogP contribution < -0.4 is 4.74 Å². The number of nitro groups is 1. The molecule has 5 nitrogen and oxygen atoms in total. The van der Waals surface area contributed by atoms with Crippen molar-refractivity contribution in [2.45, 2.75) is 13.3 Å². The number of hydrogen-bond donors (Lipinski definition) is 0. The zero-order chi connectivity index (χ0) is 17.3. The Morgan fingerprint density at radius 2 is 2.04 bits per heavy atom. The molecule has 6 heteroatoms. The summed E-state index contributed by atoms with van der Waals surface area (Å²) in [7, 11) is 0. The van der Waals surface area contributed by atoms with Crippen LogP contribution in [0.3, 0.4) is 0 Å². The van der Waals surface area contributed by atoms with Crippen LogP contribution in [0.2, 0.25) is 0 Å². The van der Waals surface area contributed by atoms with Gasteiger partial charge in [0.15, 0.2) is 5.78 Å². The molecular weight excluding hydrogens is 313 g/mol. The van der Waals surface area contributed by atoms with Gasteiger partial charge < -0.3 is 4.74 Å². The molecule has 0 unspecified atom stereocenters. The number of benzene rings is 2. The summed E-state index contributed by atoms with van der Waals surface area (Å²) in [6.45, 7) is 1.93. The van der Waals surface area contributed by atoms with Gasteiger partial charge in [0.05, 0.1) is 17.1 Å². The van der Waals surface area contributed by atoms with E-state index in [0.29, 0.717) is 28.9 Å². The van der Waals surface area contributed by atoms with Gasteiger partial charge in [0.25, 0.3) is 5.69 Å². The summed E-state index contributed by atoms with van der Waals surface area (Å²) >= 11 is 0. The molecule has 3 rings (SSSR count). The van der Waals surface area contributed by atoms with Crippen molar-refractivity contribution in [3.8, 4) is 5.75 Å². The number of aryl methyl sites for hydroxylation is 1. The molecule has 0 spiro atoms. The second-order valence-electron chi connectivity index (χ2n) is 5.54. The van der Waals surface area contributed by atoms with Crippen molar-refractivity contribution >= 4 is 17.5 Å². The van der Waals surface area contributed by atoms with Gasteiger partial charge in [-0.05, 0) is 36.8 Å². The van der Waals surface area contributed by atoms with Crippen molar-refractivity contribution in [3.05, 3.63) is 74.6 Å². The Bertz CT molecular complexity index is 873. The molecule has 2 aromatic carbocycles. The summed E-state index contributed by atoms with van der Waals surface area (Å²) in [6, 6.07) is 8.59. The first kappa shape index (κ1) is 15.9. The normalized spacial score (nSPS) is 15.6. The van der Waals surface area contributed by atoms with E-state index in [1.165, 1.54) is 18.2 Å². The molecule has 122 valence electrons. The standard InChI is InChI=1S/C18H14FNO4/c1-11-2-3-12(9-16(11)20(22)23)8-13-6-7-24-17-5-4-14(19)10-15(17)18(13)21/h2-5,8-10H,6-7H2,1H3. The van der Waals surface area contributed by atoms with E-state index in [9.17, 15) is 19.3 Å². The fourth-order valence-electron chi connectivity index (χ4n) is 2.61. The Balaban J connectivity index is 2.03. The molecule has 1 heterocycles. The molecule has 0 atom stereocenters. The summed E-state index contributed by atoms with van der Waals surface area (Å²) in [5.41, 5.74) is 1.69. The van der Waals surface area contributed by atoms with E-state index in [4.69, 9.17) is 4.74 Å². The number of fused-ring (bicyclic) bond motifs is 1. The molecule has 24 heavy (non-hydrogen) atoms. The highest BCUT2D eigenvalue weighted by molar-refractivity contribution is 6.13. The predicted molar refractivity (Wildman–Crippen MR) is 86.7 cm³/mol. The Morgan fingerprint density at radius 1 is 1.25 bits per heavy atom. The molecule has 0 radical (unpaired) electrons. The molecule has 0 aromatic heterocycles. The fraction of sp³-hybridized carbons (Fsp3) is 0.167. The van der Waals surface area contributed by atoms with Crippen LogP contribution in [0.1, 0.15) is 27.9 Å². The number of carbonyl (C=O) groups is 1. The number of Topliss-reactive ketones (excluding diaryl/α,β-unsaturated/α-hetero) is 1. The summed E-state index contributed by atoms with van der Waals surface area (Å²) in [4.78, 5) is 23.2. The van der Waals surface area contributed by atoms with E-state index in [1.54, 1.807) is 25.1 Å². The van der Waals surface area contributed by atoms with Gasteiger partial charge in [0.2, 0.25) is 0 Å². The molecule has 0 aliphatic carbocycles. The lowest BCUT2D eigenvalue weighted by atomic mass is 9.98. The molecular formula is C18H14FNO4.